The third-order valence-electron chi connectivity index (χ3n) is 1.26. The number of amides is 2. The summed E-state index contributed by atoms with van der Waals surface area (Å²) in [7, 11) is 1.61. The van der Waals surface area contributed by atoms with Gasteiger partial charge in [0.05, 0.1) is 0 Å². The monoisotopic (exact) mass is 156 g/mol. The Bertz CT molecular complexity index is 143. The molecule has 0 aromatic carbocycles. The standard InChI is InChI=1S/C8H16N2O/c1-5-10(6-7(2)3)8(11)9-4/h5,7H,1,6H2,2-4H3,(H,9,11). The summed E-state index contributed by atoms with van der Waals surface area (Å²) in [6.45, 7) is 8.37. The maximum absolute atomic E-state index is 11.0. The summed E-state index contributed by atoms with van der Waals surface area (Å²) < 4.78 is 0. The Morgan fingerprint density at radius 1 is 1.73 bits per heavy atom. The van der Waals surface area contributed by atoms with Gasteiger partial charge in [-0.25, -0.2) is 4.79 Å². The van der Waals surface area contributed by atoms with Crippen molar-refractivity contribution in [1.29, 1.82) is 0 Å². The van der Waals surface area contributed by atoms with Gasteiger partial charge in [-0.3, -0.25) is 0 Å². The van der Waals surface area contributed by atoms with Crippen LogP contribution in [0, 0.1) is 5.92 Å². The van der Waals surface area contributed by atoms with Crippen LogP contribution in [0.1, 0.15) is 13.8 Å². The van der Waals surface area contributed by atoms with Crippen LogP contribution in [-0.4, -0.2) is 24.5 Å². The molecule has 0 fully saturated rings. The second-order valence-electron chi connectivity index (χ2n) is 2.78. The average Bonchev–Trinajstić information content (AvgIpc) is 1.98. The summed E-state index contributed by atoms with van der Waals surface area (Å²) in [5.74, 6) is 0.463. The first kappa shape index (κ1) is 10.0. The first-order chi connectivity index (χ1) is 5.11. The number of urea groups is 1. The maximum atomic E-state index is 11.0. The molecule has 64 valence electrons. The van der Waals surface area contributed by atoms with Crippen molar-refractivity contribution in [1.82, 2.24) is 10.2 Å². The van der Waals surface area contributed by atoms with E-state index in [1.165, 1.54) is 0 Å². The lowest BCUT2D eigenvalue weighted by Gasteiger charge is -2.18. The van der Waals surface area contributed by atoms with Crippen molar-refractivity contribution in [3.05, 3.63) is 12.8 Å². The zero-order valence-electron chi connectivity index (χ0n) is 7.42. The molecule has 0 saturated carbocycles. The molecule has 0 aliphatic heterocycles. The summed E-state index contributed by atoms with van der Waals surface area (Å²) in [6.07, 6.45) is 1.54. The second kappa shape index (κ2) is 4.77. The van der Waals surface area contributed by atoms with E-state index < -0.39 is 0 Å². The molecule has 11 heavy (non-hydrogen) atoms. The number of hydrogen-bond donors (Lipinski definition) is 1. The van der Waals surface area contributed by atoms with Crippen molar-refractivity contribution in [2.75, 3.05) is 13.6 Å². The molecule has 2 amide bonds. The summed E-state index contributed by atoms with van der Waals surface area (Å²) in [5, 5.41) is 2.54. The highest BCUT2D eigenvalue weighted by Gasteiger charge is 2.08. The van der Waals surface area contributed by atoms with Gasteiger partial charge in [-0.05, 0) is 5.92 Å². The van der Waals surface area contributed by atoms with Crippen molar-refractivity contribution >= 4 is 6.03 Å². The van der Waals surface area contributed by atoms with E-state index in [0.29, 0.717) is 12.5 Å². The van der Waals surface area contributed by atoms with Gasteiger partial charge in [-0.1, -0.05) is 20.4 Å². The Kier molecular flexibility index (Phi) is 4.34. The SMILES string of the molecule is C=CN(CC(C)C)C(=O)NC. The smallest absolute Gasteiger partial charge is 0.321 e. The third kappa shape index (κ3) is 3.65. The highest BCUT2D eigenvalue weighted by Crippen LogP contribution is 1.98. The molecule has 0 aliphatic rings. The van der Waals surface area contributed by atoms with Gasteiger partial charge in [-0.2, -0.15) is 0 Å². The van der Waals surface area contributed by atoms with Crippen molar-refractivity contribution < 1.29 is 4.79 Å². The van der Waals surface area contributed by atoms with Crippen LogP contribution in [0.3, 0.4) is 0 Å². The first-order valence-electron chi connectivity index (χ1n) is 3.72. The molecular formula is C8H16N2O. The number of hydrogen-bond acceptors (Lipinski definition) is 1. The predicted octanol–water partition coefficient (Wildman–Crippen LogP) is 1.43. The molecule has 3 heteroatoms. The van der Waals surface area contributed by atoms with Crippen LogP contribution >= 0.6 is 0 Å². The molecule has 0 unspecified atom stereocenters. The van der Waals surface area contributed by atoms with Crippen LogP contribution in [-0.2, 0) is 0 Å². The molecular weight excluding hydrogens is 140 g/mol. The topological polar surface area (TPSA) is 32.3 Å². The quantitative estimate of drug-likeness (QED) is 0.658. The normalized spacial score (nSPS) is 9.45. The third-order valence-corrected chi connectivity index (χ3v) is 1.26. The molecule has 0 bridgehead atoms. The van der Waals surface area contributed by atoms with Crippen molar-refractivity contribution in [2.24, 2.45) is 5.92 Å². The van der Waals surface area contributed by atoms with Gasteiger partial charge in [0.15, 0.2) is 0 Å². The summed E-state index contributed by atoms with van der Waals surface area (Å²) in [5.41, 5.74) is 0. The summed E-state index contributed by atoms with van der Waals surface area (Å²) in [6, 6.07) is -0.103. The minimum Gasteiger partial charge on any atom is -0.341 e. The van der Waals surface area contributed by atoms with Gasteiger partial charge in [0, 0.05) is 19.8 Å². The van der Waals surface area contributed by atoms with Crippen molar-refractivity contribution in [2.45, 2.75) is 13.8 Å². The zero-order chi connectivity index (χ0) is 8.85. The van der Waals surface area contributed by atoms with Crippen molar-refractivity contribution in [3.8, 4) is 0 Å². The Hall–Kier alpha value is -0.990. The second-order valence-corrected chi connectivity index (χ2v) is 2.78. The van der Waals surface area contributed by atoms with Gasteiger partial charge in [0.1, 0.15) is 0 Å². The van der Waals surface area contributed by atoms with Crippen LogP contribution in [0.2, 0.25) is 0 Å². The largest absolute Gasteiger partial charge is 0.341 e. The van der Waals surface area contributed by atoms with Gasteiger partial charge >= 0.3 is 6.03 Å². The van der Waals surface area contributed by atoms with E-state index in [1.807, 2.05) is 0 Å². The first-order valence-corrected chi connectivity index (χ1v) is 3.72. The number of nitrogens with one attached hydrogen (secondary N) is 1. The Morgan fingerprint density at radius 3 is 2.55 bits per heavy atom. The van der Waals surface area contributed by atoms with Crippen LogP contribution in [0.4, 0.5) is 4.79 Å². The maximum Gasteiger partial charge on any atom is 0.321 e. The molecule has 0 radical (unpaired) electrons. The summed E-state index contributed by atoms with van der Waals surface area (Å²) in [4.78, 5) is 12.6. The zero-order valence-corrected chi connectivity index (χ0v) is 7.42. The van der Waals surface area contributed by atoms with Crippen LogP contribution in [0.25, 0.3) is 0 Å². The fourth-order valence-electron chi connectivity index (χ4n) is 0.777. The van der Waals surface area contributed by atoms with E-state index in [2.05, 4.69) is 25.7 Å². The molecule has 0 atom stereocenters. The minimum atomic E-state index is -0.103. The molecule has 0 aliphatic carbocycles. The molecule has 0 saturated heterocycles. The Balaban J connectivity index is 3.95. The molecule has 1 N–H and O–H groups in total. The van der Waals surface area contributed by atoms with E-state index in [9.17, 15) is 4.79 Å². The molecule has 3 nitrogen and oxygen atoms in total. The fourth-order valence-corrected chi connectivity index (χ4v) is 0.777. The van der Waals surface area contributed by atoms with E-state index in [0.717, 1.165) is 0 Å². The lowest BCUT2D eigenvalue weighted by atomic mass is 10.2. The highest BCUT2D eigenvalue weighted by atomic mass is 16.2. The van der Waals surface area contributed by atoms with Gasteiger partial charge < -0.3 is 10.2 Å². The summed E-state index contributed by atoms with van der Waals surface area (Å²) >= 11 is 0. The molecule has 0 aromatic rings. The van der Waals surface area contributed by atoms with Gasteiger partial charge in [-0.15, -0.1) is 0 Å². The molecule has 0 spiro atoms. The lowest BCUT2D eigenvalue weighted by molar-refractivity contribution is 0.213. The van der Waals surface area contributed by atoms with Gasteiger partial charge in [0.25, 0.3) is 0 Å². The van der Waals surface area contributed by atoms with E-state index in [1.54, 1.807) is 18.1 Å². The fraction of sp³-hybridized carbons (Fsp3) is 0.625. The number of carbonyl (C=O) groups is 1. The lowest BCUT2D eigenvalue weighted by Crippen LogP contribution is -2.36. The molecule has 0 aromatic heterocycles. The number of carbonyl (C=O) groups excluding carboxylic acids is 1. The van der Waals surface area contributed by atoms with Crippen molar-refractivity contribution in [3.63, 3.8) is 0 Å². The Morgan fingerprint density at radius 2 is 2.27 bits per heavy atom. The van der Waals surface area contributed by atoms with Gasteiger partial charge in [0.2, 0.25) is 0 Å². The van der Waals surface area contributed by atoms with E-state index >= 15 is 0 Å². The number of rotatable bonds is 3. The Labute approximate surface area is 68.1 Å². The van der Waals surface area contributed by atoms with Crippen LogP contribution in [0.5, 0.6) is 0 Å². The van der Waals surface area contributed by atoms with E-state index in [-0.39, 0.29) is 6.03 Å². The van der Waals surface area contributed by atoms with E-state index in [4.69, 9.17) is 0 Å². The molecule has 0 heterocycles. The predicted molar refractivity (Wildman–Crippen MR) is 46.2 cm³/mol. The highest BCUT2D eigenvalue weighted by molar-refractivity contribution is 5.74. The van der Waals surface area contributed by atoms with Crippen LogP contribution < -0.4 is 5.32 Å². The minimum absolute atomic E-state index is 0.103. The average molecular weight is 156 g/mol. The number of nitrogens with zero attached hydrogens (tertiary/aromatic N) is 1. The molecule has 0 rings (SSSR count). The van der Waals surface area contributed by atoms with Crippen LogP contribution in [0.15, 0.2) is 12.8 Å².